The van der Waals surface area contributed by atoms with E-state index in [4.69, 9.17) is 11.6 Å². The Bertz CT molecular complexity index is 835. The molecule has 1 aliphatic heterocycles. The summed E-state index contributed by atoms with van der Waals surface area (Å²) in [6, 6.07) is 9.69. The van der Waals surface area contributed by atoms with Crippen LogP contribution in [0.1, 0.15) is 49.5 Å². The first-order valence-electron chi connectivity index (χ1n) is 10.3. The Kier molecular flexibility index (Phi) is 7.78. The van der Waals surface area contributed by atoms with Crippen LogP contribution in [-0.2, 0) is 5.75 Å². The number of aromatic nitrogens is 2. The average Bonchev–Trinajstić information content (AvgIpc) is 2.73. The van der Waals surface area contributed by atoms with Crippen molar-refractivity contribution in [2.75, 3.05) is 31.1 Å². The molecule has 1 aromatic carbocycles. The molecular weight excluding hydrogens is 404 g/mol. The van der Waals surface area contributed by atoms with E-state index in [1.165, 1.54) is 11.8 Å². The van der Waals surface area contributed by atoms with Gasteiger partial charge in [-0.15, -0.1) is 0 Å². The molecule has 0 radical (unpaired) electrons. The SMILES string of the molecule is CCN(CC)c1cc(Cl)nc(SCc2cccc(C(=O)N3CCC(C)CC3)c2)n1. The number of anilines is 1. The molecule has 1 aromatic heterocycles. The van der Waals surface area contributed by atoms with Gasteiger partial charge in [-0.2, -0.15) is 0 Å². The zero-order valence-electron chi connectivity index (χ0n) is 17.4. The Balaban J connectivity index is 1.67. The van der Waals surface area contributed by atoms with Crippen LogP contribution < -0.4 is 4.90 Å². The number of carbonyl (C=O) groups excluding carboxylic acids is 1. The number of benzene rings is 1. The van der Waals surface area contributed by atoms with Crippen molar-refractivity contribution in [2.45, 2.75) is 44.5 Å². The number of likely N-dealkylation sites (tertiary alicyclic amines) is 1. The number of hydrogen-bond acceptors (Lipinski definition) is 5. The highest BCUT2D eigenvalue weighted by atomic mass is 35.5. The standard InChI is InChI=1S/C22H29ClN4OS/c1-4-26(5-2)20-14-19(23)24-22(25-20)29-15-17-7-6-8-18(13-17)21(28)27-11-9-16(3)10-12-27/h6-8,13-14,16H,4-5,9-12,15H2,1-3H3. The van der Waals surface area contributed by atoms with E-state index >= 15 is 0 Å². The van der Waals surface area contributed by atoms with E-state index in [-0.39, 0.29) is 5.91 Å². The molecule has 1 amide bonds. The Labute approximate surface area is 182 Å². The van der Waals surface area contributed by atoms with Gasteiger partial charge in [0.05, 0.1) is 0 Å². The van der Waals surface area contributed by atoms with Crippen LogP contribution in [0.5, 0.6) is 0 Å². The quantitative estimate of drug-likeness (QED) is 0.344. The molecule has 5 nitrogen and oxygen atoms in total. The largest absolute Gasteiger partial charge is 0.357 e. The molecule has 0 aliphatic carbocycles. The molecule has 0 N–H and O–H groups in total. The first kappa shape index (κ1) is 21.9. The van der Waals surface area contributed by atoms with Crippen molar-refractivity contribution in [3.05, 3.63) is 46.6 Å². The molecule has 0 bridgehead atoms. The number of halogens is 1. The first-order valence-corrected chi connectivity index (χ1v) is 11.7. The Morgan fingerprint density at radius 3 is 2.62 bits per heavy atom. The molecule has 1 saturated heterocycles. The van der Waals surface area contributed by atoms with Crippen molar-refractivity contribution in [2.24, 2.45) is 5.92 Å². The lowest BCUT2D eigenvalue weighted by molar-refractivity contribution is 0.0697. The fourth-order valence-electron chi connectivity index (χ4n) is 3.50. The number of piperidine rings is 1. The number of thioether (sulfide) groups is 1. The highest BCUT2D eigenvalue weighted by molar-refractivity contribution is 7.98. The van der Waals surface area contributed by atoms with E-state index in [0.29, 0.717) is 22.0 Å². The maximum Gasteiger partial charge on any atom is 0.253 e. The molecule has 1 fully saturated rings. The van der Waals surface area contributed by atoms with Gasteiger partial charge in [0.2, 0.25) is 0 Å². The Morgan fingerprint density at radius 2 is 1.93 bits per heavy atom. The predicted octanol–water partition coefficient (Wildman–Crippen LogP) is 5.14. The lowest BCUT2D eigenvalue weighted by Gasteiger charge is -2.30. The third-order valence-corrected chi connectivity index (χ3v) is 6.47. The van der Waals surface area contributed by atoms with Gasteiger partial charge in [0, 0.05) is 43.6 Å². The smallest absolute Gasteiger partial charge is 0.253 e. The molecule has 7 heteroatoms. The summed E-state index contributed by atoms with van der Waals surface area (Å²) in [5, 5.41) is 1.11. The van der Waals surface area contributed by atoms with Crippen LogP contribution in [0.25, 0.3) is 0 Å². The topological polar surface area (TPSA) is 49.3 Å². The number of carbonyl (C=O) groups is 1. The van der Waals surface area contributed by atoms with Gasteiger partial charge in [0.15, 0.2) is 5.16 Å². The fraction of sp³-hybridized carbons (Fsp3) is 0.500. The van der Waals surface area contributed by atoms with E-state index in [9.17, 15) is 4.79 Å². The maximum absolute atomic E-state index is 12.8. The van der Waals surface area contributed by atoms with E-state index in [0.717, 1.165) is 56.0 Å². The zero-order valence-corrected chi connectivity index (χ0v) is 19.0. The van der Waals surface area contributed by atoms with Gasteiger partial charge in [-0.05, 0) is 50.3 Å². The number of rotatable bonds is 7. The van der Waals surface area contributed by atoms with Crippen molar-refractivity contribution in [1.29, 1.82) is 0 Å². The molecule has 0 atom stereocenters. The molecule has 156 valence electrons. The molecule has 2 heterocycles. The van der Waals surface area contributed by atoms with Crippen molar-refractivity contribution in [3.8, 4) is 0 Å². The first-order chi connectivity index (χ1) is 14.0. The van der Waals surface area contributed by atoms with Crippen LogP contribution in [0.2, 0.25) is 5.15 Å². The summed E-state index contributed by atoms with van der Waals surface area (Å²) in [6.07, 6.45) is 2.17. The van der Waals surface area contributed by atoms with Crippen LogP contribution in [0, 0.1) is 5.92 Å². The van der Waals surface area contributed by atoms with E-state index in [2.05, 4.69) is 35.6 Å². The monoisotopic (exact) mass is 432 g/mol. The van der Waals surface area contributed by atoms with Gasteiger partial charge in [0.25, 0.3) is 5.91 Å². The second-order valence-electron chi connectivity index (χ2n) is 7.47. The van der Waals surface area contributed by atoms with Crippen LogP contribution in [-0.4, -0.2) is 47.0 Å². The summed E-state index contributed by atoms with van der Waals surface area (Å²) < 4.78 is 0. The minimum atomic E-state index is 0.131. The second-order valence-corrected chi connectivity index (χ2v) is 8.80. The zero-order chi connectivity index (χ0) is 20.8. The molecular formula is C22H29ClN4OS. The lowest BCUT2D eigenvalue weighted by Crippen LogP contribution is -2.37. The van der Waals surface area contributed by atoms with Crippen LogP contribution in [0.15, 0.2) is 35.5 Å². The molecule has 3 rings (SSSR count). The fourth-order valence-corrected chi connectivity index (χ4v) is 4.52. The van der Waals surface area contributed by atoms with Crippen LogP contribution in [0.3, 0.4) is 0 Å². The third kappa shape index (κ3) is 5.86. The molecule has 0 saturated carbocycles. The molecule has 1 aliphatic rings. The Morgan fingerprint density at radius 1 is 1.21 bits per heavy atom. The minimum absolute atomic E-state index is 0.131. The van der Waals surface area contributed by atoms with Crippen molar-refractivity contribution in [1.82, 2.24) is 14.9 Å². The molecule has 0 unspecified atom stereocenters. The van der Waals surface area contributed by atoms with Crippen molar-refractivity contribution in [3.63, 3.8) is 0 Å². The predicted molar refractivity (Wildman–Crippen MR) is 121 cm³/mol. The Hall–Kier alpha value is -1.79. The van der Waals surface area contributed by atoms with Gasteiger partial charge in [-0.3, -0.25) is 4.79 Å². The molecule has 2 aromatic rings. The third-order valence-electron chi connectivity index (χ3n) is 5.36. The van der Waals surface area contributed by atoms with Gasteiger partial charge < -0.3 is 9.80 Å². The number of hydrogen-bond donors (Lipinski definition) is 0. The summed E-state index contributed by atoms with van der Waals surface area (Å²) in [7, 11) is 0. The van der Waals surface area contributed by atoms with Crippen LogP contribution in [0.4, 0.5) is 5.82 Å². The maximum atomic E-state index is 12.8. The second kappa shape index (κ2) is 10.3. The van der Waals surface area contributed by atoms with Gasteiger partial charge in [-0.25, -0.2) is 9.97 Å². The highest BCUT2D eigenvalue weighted by Crippen LogP contribution is 2.25. The molecule has 0 spiro atoms. The van der Waals surface area contributed by atoms with Gasteiger partial charge in [-0.1, -0.05) is 42.4 Å². The molecule has 29 heavy (non-hydrogen) atoms. The van der Waals surface area contributed by atoms with Gasteiger partial charge in [0.1, 0.15) is 11.0 Å². The summed E-state index contributed by atoms with van der Waals surface area (Å²) in [5.74, 6) is 2.38. The minimum Gasteiger partial charge on any atom is -0.357 e. The van der Waals surface area contributed by atoms with Crippen molar-refractivity contribution < 1.29 is 4.79 Å². The number of amides is 1. The summed E-state index contributed by atoms with van der Waals surface area (Å²) in [6.45, 7) is 9.88. The van der Waals surface area contributed by atoms with Crippen molar-refractivity contribution >= 4 is 35.1 Å². The van der Waals surface area contributed by atoms with Gasteiger partial charge >= 0.3 is 0 Å². The highest BCUT2D eigenvalue weighted by Gasteiger charge is 2.21. The number of nitrogens with zero attached hydrogens (tertiary/aromatic N) is 4. The van der Waals surface area contributed by atoms with E-state index in [1.54, 1.807) is 6.07 Å². The summed E-state index contributed by atoms with van der Waals surface area (Å²) >= 11 is 7.75. The lowest BCUT2D eigenvalue weighted by atomic mass is 9.98. The average molecular weight is 433 g/mol. The normalized spacial score (nSPS) is 14.8. The van der Waals surface area contributed by atoms with Crippen LogP contribution >= 0.6 is 23.4 Å². The van der Waals surface area contributed by atoms with E-state index < -0.39 is 0 Å². The summed E-state index contributed by atoms with van der Waals surface area (Å²) in [5.41, 5.74) is 1.84. The summed E-state index contributed by atoms with van der Waals surface area (Å²) in [4.78, 5) is 26.0. The van der Waals surface area contributed by atoms with E-state index in [1.807, 2.05) is 29.2 Å².